The molecule has 2 heteroatoms. The highest BCUT2D eigenvalue weighted by atomic mass is 16.1. The Kier molecular flexibility index (Phi) is 5.54. The molecule has 2 aromatic rings. The van der Waals surface area contributed by atoms with Crippen molar-refractivity contribution in [3.63, 3.8) is 0 Å². The van der Waals surface area contributed by atoms with E-state index in [0.29, 0.717) is 12.5 Å². The molecule has 0 bridgehead atoms. The van der Waals surface area contributed by atoms with Gasteiger partial charge in [0, 0.05) is 12.6 Å². The molecule has 1 amide bonds. The lowest BCUT2D eigenvalue weighted by molar-refractivity contribution is -0.116. The number of hydrogen-bond donors (Lipinski definition) is 1. The molecule has 0 fully saturated rings. The van der Waals surface area contributed by atoms with Gasteiger partial charge in [-0.05, 0) is 35.6 Å². The van der Waals surface area contributed by atoms with Gasteiger partial charge in [0.05, 0.1) is 0 Å². The number of hydrogen-bond acceptors (Lipinski definition) is 1. The first kappa shape index (κ1) is 16.0. The summed E-state index contributed by atoms with van der Waals surface area (Å²) in [6, 6.07) is 16.5. The molecular weight excluding hydrogens is 270 g/mol. The summed E-state index contributed by atoms with van der Waals surface area (Å²) in [5, 5.41) is 2.89. The Balaban J connectivity index is 1.87. The van der Waals surface area contributed by atoms with Crippen LogP contribution >= 0.6 is 0 Å². The summed E-state index contributed by atoms with van der Waals surface area (Å²) in [5.74, 6) is 0.448. The molecule has 0 heterocycles. The quantitative estimate of drug-likeness (QED) is 0.811. The molecule has 0 spiro atoms. The monoisotopic (exact) mass is 293 g/mol. The lowest BCUT2D eigenvalue weighted by atomic mass is 10.0. The minimum absolute atomic E-state index is 0.0755. The van der Waals surface area contributed by atoms with Crippen molar-refractivity contribution >= 4 is 12.0 Å². The molecule has 0 saturated carbocycles. The van der Waals surface area contributed by atoms with E-state index in [9.17, 15) is 4.79 Å². The summed E-state index contributed by atoms with van der Waals surface area (Å²) in [7, 11) is 0. The third-order valence-electron chi connectivity index (χ3n) is 3.62. The van der Waals surface area contributed by atoms with Crippen LogP contribution in [0.15, 0.2) is 54.6 Å². The minimum Gasteiger partial charge on any atom is -0.348 e. The van der Waals surface area contributed by atoms with E-state index in [1.54, 1.807) is 6.08 Å². The van der Waals surface area contributed by atoms with Gasteiger partial charge in [-0.25, -0.2) is 0 Å². The lowest BCUT2D eigenvalue weighted by Crippen LogP contribution is -2.20. The van der Waals surface area contributed by atoms with E-state index in [0.717, 1.165) is 11.1 Å². The van der Waals surface area contributed by atoms with Crippen LogP contribution in [0.1, 0.15) is 42.0 Å². The van der Waals surface area contributed by atoms with E-state index in [2.05, 4.69) is 38.2 Å². The largest absolute Gasteiger partial charge is 0.348 e. The molecule has 0 saturated heterocycles. The van der Waals surface area contributed by atoms with Gasteiger partial charge in [-0.2, -0.15) is 0 Å². The molecule has 22 heavy (non-hydrogen) atoms. The molecule has 0 aliphatic heterocycles. The van der Waals surface area contributed by atoms with Crippen LogP contribution in [0.25, 0.3) is 6.08 Å². The number of rotatable bonds is 5. The van der Waals surface area contributed by atoms with Crippen LogP contribution in [0.2, 0.25) is 0 Å². The topological polar surface area (TPSA) is 29.1 Å². The van der Waals surface area contributed by atoms with E-state index in [-0.39, 0.29) is 5.91 Å². The van der Waals surface area contributed by atoms with Crippen molar-refractivity contribution in [2.45, 2.75) is 33.2 Å². The van der Waals surface area contributed by atoms with Crippen molar-refractivity contribution in [3.05, 3.63) is 76.9 Å². The second kappa shape index (κ2) is 7.60. The van der Waals surface area contributed by atoms with Gasteiger partial charge in [-0.1, -0.05) is 67.9 Å². The molecule has 2 rings (SSSR count). The molecule has 0 aliphatic carbocycles. The summed E-state index contributed by atoms with van der Waals surface area (Å²) in [6.07, 6.45) is 3.42. The predicted molar refractivity (Wildman–Crippen MR) is 92.6 cm³/mol. The Morgan fingerprint density at radius 1 is 1.05 bits per heavy atom. The summed E-state index contributed by atoms with van der Waals surface area (Å²) in [4.78, 5) is 11.8. The Labute approximate surface area is 132 Å². The molecule has 114 valence electrons. The second-order valence-corrected chi connectivity index (χ2v) is 5.86. The minimum atomic E-state index is -0.0755. The summed E-state index contributed by atoms with van der Waals surface area (Å²) >= 11 is 0. The van der Waals surface area contributed by atoms with Gasteiger partial charge in [0.1, 0.15) is 0 Å². The molecule has 0 aliphatic rings. The van der Waals surface area contributed by atoms with Crippen molar-refractivity contribution < 1.29 is 4.79 Å². The first-order chi connectivity index (χ1) is 10.5. The number of aryl methyl sites for hydroxylation is 1. The van der Waals surface area contributed by atoms with Gasteiger partial charge < -0.3 is 5.32 Å². The van der Waals surface area contributed by atoms with Gasteiger partial charge in [0.15, 0.2) is 0 Å². The van der Waals surface area contributed by atoms with Gasteiger partial charge >= 0.3 is 0 Å². The van der Waals surface area contributed by atoms with Crippen molar-refractivity contribution in [2.24, 2.45) is 0 Å². The number of nitrogens with one attached hydrogen (secondary N) is 1. The number of carbonyl (C=O) groups is 1. The van der Waals surface area contributed by atoms with Crippen LogP contribution in [0, 0.1) is 6.92 Å². The van der Waals surface area contributed by atoms with Gasteiger partial charge in [-0.15, -0.1) is 0 Å². The zero-order valence-corrected chi connectivity index (χ0v) is 13.5. The Hall–Kier alpha value is -2.35. The van der Waals surface area contributed by atoms with Crippen molar-refractivity contribution in [3.8, 4) is 0 Å². The number of carbonyl (C=O) groups excluding carboxylic acids is 1. The first-order valence-electron chi connectivity index (χ1n) is 7.66. The second-order valence-electron chi connectivity index (χ2n) is 5.86. The Morgan fingerprint density at radius 3 is 2.27 bits per heavy atom. The van der Waals surface area contributed by atoms with Gasteiger partial charge in [0.25, 0.3) is 0 Å². The van der Waals surface area contributed by atoms with E-state index in [1.807, 2.05) is 42.5 Å². The molecular formula is C20H23NO. The van der Waals surface area contributed by atoms with Crippen LogP contribution < -0.4 is 5.32 Å². The van der Waals surface area contributed by atoms with Gasteiger partial charge in [-0.3, -0.25) is 4.79 Å². The number of amides is 1. The van der Waals surface area contributed by atoms with Crippen LogP contribution in [-0.2, 0) is 11.3 Å². The molecule has 0 unspecified atom stereocenters. The van der Waals surface area contributed by atoms with Gasteiger partial charge in [0.2, 0.25) is 5.91 Å². The fourth-order valence-corrected chi connectivity index (χ4v) is 2.12. The van der Waals surface area contributed by atoms with Crippen LogP contribution in [0.3, 0.4) is 0 Å². The Morgan fingerprint density at radius 2 is 1.68 bits per heavy atom. The molecule has 1 N–H and O–H groups in total. The van der Waals surface area contributed by atoms with Crippen molar-refractivity contribution in [2.75, 3.05) is 0 Å². The Bertz CT molecular complexity index is 636. The van der Waals surface area contributed by atoms with Crippen LogP contribution in [0.4, 0.5) is 0 Å². The standard InChI is InChI=1S/C20H23NO/c1-15(2)19-11-8-17(9-12-19)10-13-20(22)21-14-18-6-4-16(3)5-7-18/h4-13,15H,14H2,1-3H3,(H,21,22)/b13-10+. The normalized spacial score (nSPS) is 11.1. The fourth-order valence-electron chi connectivity index (χ4n) is 2.12. The lowest BCUT2D eigenvalue weighted by Gasteiger charge is -2.05. The highest BCUT2D eigenvalue weighted by molar-refractivity contribution is 5.91. The molecule has 2 nitrogen and oxygen atoms in total. The maximum atomic E-state index is 11.8. The molecule has 0 radical (unpaired) electrons. The third kappa shape index (κ3) is 4.88. The van der Waals surface area contributed by atoms with E-state index in [1.165, 1.54) is 11.1 Å². The number of benzene rings is 2. The van der Waals surface area contributed by atoms with Crippen molar-refractivity contribution in [1.82, 2.24) is 5.32 Å². The van der Waals surface area contributed by atoms with Crippen LogP contribution in [0.5, 0.6) is 0 Å². The van der Waals surface area contributed by atoms with Crippen LogP contribution in [-0.4, -0.2) is 5.91 Å². The average Bonchev–Trinajstić information content (AvgIpc) is 2.52. The predicted octanol–water partition coefficient (Wildman–Crippen LogP) is 4.45. The third-order valence-corrected chi connectivity index (χ3v) is 3.62. The highest BCUT2D eigenvalue weighted by Crippen LogP contribution is 2.15. The van der Waals surface area contributed by atoms with Crippen molar-refractivity contribution in [1.29, 1.82) is 0 Å². The maximum absolute atomic E-state index is 11.8. The van der Waals surface area contributed by atoms with E-state index >= 15 is 0 Å². The summed E-state index contributed by atoms with van der Waals surface area (Å²) < 4.78 is 0. The smallest absolute Gasteiger partial charge is 0.244 e. The fraction of sp³-hybridized carbons (Fsp3) is 0.250. The zero-order valence-electron chi connectivity index (χ0n) is 13.5. The van der Waals surface area contributed by atoms with E-state index < -0.39 is 0 Å². The molecule has 0 atom stereocenters. The van der Waals surface area contributed by atoms with E-state index in [4.69, 9.17) is 0 Å². The first-order valence-corrected chi connectivity index (χ1v) is 7.66. The zero-order chi connectivity index (χ0) is 15.9. The summed E-state index contributed by atoms with van der Waals surface area (Å²) in [6.45, 7) is 6.94. The average molecular weight is 293 g/mol. The molecule has 0 aromatic heterocycles. The highest BCUT2D eigenvalue weighted by Gasteiger charge is 1.99. The maximum Gasteiger partial charge on any atom is 0.244 e. The molecule has 2 aromatic carbocycles. The summed E-state index contributed by atoms with van der Waals surface area (Å²) in [5.41, 5.74) is 4.67. The SMILES string of the molecule is Cc1ccc(CNC(=O)/C=C/c2ccc(C(C)C)cc2)cc1.